The summed E-state index contributed by atoms with van der Waals surface area (Å²) in [4.78, 5) is 27.0. The van der Waals surface area contributed by atoms with Gasteiger partial charge in [-0.3, -0.25) is 4.79 Å². The van der Waals surface area contributed by atoms with E-state index in [1.807, 2.05) is 0 Å². The van der Waals surface area contributed by atoms with Crippen molar-refractivity contribution in [3.05, 3.63) is 46.1 Å². The third kappa shape index (κ3) is 4.99. The molecule has 2 N–H and O–H groups in total. The van der Waals surface area contributed by atoms with Crippen LogP contribution in [0.25, 0.3) is 0 Å². The van der Waals surface area contributed by atoms with Crippen LogP contribution in [0, 0.1) is 23.0 Å². The van der Waals surface area contributed by atoms with Gasteiger partial charge in [-0.1, -0.05) is 25.4 Å². The number of hydrogen-bond acceptors (Lipinski definition) is 5. The highest BCUT2D eigenvalue weighted by atomic mass is 35.5. The van der Waals surface area contributed by atoms with E-state index >= 15 is 0 Å². The molecule has 1 aromatic rings. The number of nitrogens with zero attached hydrogens (tertiary/aromatic N) is 1. The van der Waals surface area contributed by atoms with Gasteiger partial charge >= 0.3 is 12.1 Å². The molecular formula is C21H23ClF5N3O3. The highest BCUT2D eigenvalue weighted by molar-refractivity contribution is 6.33. The Balaban J connectivity index is 2.12. The number of fused-ring (bicyclic) bond motifs is 1. The van der Waals surface area contributed by atoms with Gasteiger partial charge in [0.05, 0.1) is 28.3 Å². The number of hydrogen-bond donors (Lipinski definition) is 2. The average molecular weight is 496 g/mol. The molecule has 1 amide bonds. The zero-order valence-corrected chi connectivity index (χ0v) is 18.9. The first kappa shape index (κ1) is 25.4. The van der Waals surface area contributed by atoms with Crippen molar-refractivity contribution in [2.24, 2.45) is 11.3 Å². The second-order valence-corrected chi connectivity index (χ2v) is 9.42. The van der Waals surface area contributed by atoms with E-state index in [2.05, 4.69) is 10.9 Å². The molecule has 3 unspecified atom stereocenters. The van der Waals surface area contributed by atoms with Crippen LogP contribution in [-0.4, -0.2) is 47.7 Å². The number of hydrazine groups is 1. The van der Waals surface area contributed by atoms with Gasteiger partial charge in [0.1, 0.15) is 6.04 Å². The monoisotopic (exact) mass is 495 g/mol. The highest BCUT2D eigenvalue weighted by Gasteiger charge is 2.59. The highest BCUT2D eigenvalue weighted by Crippen LogP contribution is 2.45. The molecular weight excluding hydrogens is 473 g/mol. The van der Waals surface area contributed by atoms with Gasteiger partial charge in [0.25, 0.3) is 5.91 Å². The molecule has 3 rings (SSSR count). The van der Waals surface area contributed by atoms with E-state index in [0.717, 1.165) is 11.1 Å². The van der Waals surface area contributed by atoms with Crippen molar-refractivity contribution in [1.82, 2.24) is 15.8 Å². The van der Waals surface area contributed by atoms with E-state index < -0.39 is 64.8 Å². The number of ether oxygens (including phenoxy) is 1. The Morgan fingerprint density at radius 2 is 1.79 bits per heavy atom. The first-order valence-electron chi connectivity index (χ1n) is 10.1. The molecule has 0 aliphatic carbocycles. The largest absolute Gasteiger partial charge is 0.460 e. The quantitative estimate of drug-likeness (QED) is 0.377. The molecule has 0 saturated carbocycles. The summed E-state index contributed by atoms with van der Waals surface area (Å²) in [6.07, 6.45) is -4.14. The number of carbonyl (C=O) groups excluding carboxylic acids is 2. The summed E-state index contributed by atoms with van der Waals surface area (Å²) in [7, 11) is 0. The molecule has 3 atom stereocenters. The maximum Gasteiger partial charge on any atom is 0.405 e. The average Bonchev–Trinajstić information content (AvgIpc) is 3.08. The third-order valence-corrected chi connectivity index (χ3v) is 5.97. The van der Waals surface area contributed by atoms with Gasteiger partial charge in [-0.05, 0) is 31.4 Å². The third-order valence-electron chi connectivity index (χ3n) is 5.66. The van der Waals surface area contributed by atoms with Crippen LogP contribution in [-0.2, 0) is 9.53 Å². The molecule has 0 bridgehead atoms. The van der Waals surface area contributed by atoms with E-state index in [4.69, 9.17) is 16.3 Å². The fourth-order valence-corrected chi connectivity index (χ4v) is 4.51. The summed E-state index contributed by atoms with van der Waals surface area (Å²) >= 11 is 5.94. The molecule has 2 aliphatic heterocycles. The topological polar surface area (TPSA) is 70.7 Å². The molecule has 6 nitrogen and oxygen atoms in total. The first-order chi connectivity index (χ1) is 15.1. The maximum atomic E-state index is 13.8. The van der Waals surface area contributed by atoms with Gasteiger partial charge < -0.3 is 9.64 Å². The summed E-state index contributed by atoms with van der Waals surface area (Å²) < 4.78 is 73.8. The van der Waals surface area contributed by atoms with E-state index in [-0.39, 0.29) is 17.1 Å². The SMILES string of the molecule is CC(C)OC(=O)C1=CN(C(=O)c2cc(F)c(F)cc2Cl)CC(C)(C)C2C1NNC2C(F)(F)F. The van der Waals surface area contributed by atoms with Crippen LogP contribution in [0.2, 0.25) is 5.02 Å². The number of benzene rings is 1. The Hall–Kier alpha value is -2.24. The Morgan fingerprint density at radius 3 is 2.36 bits per heavy atom. The van der Waals surface area contributed by atoms with Gasteiger partial charge in [0, 0.05) is 18.7 Å². The van der Waals surface area contributed by atoms with Crippen molar-refractivity contribution in [3.8, 4) is 0 Å². The lowest BCUT2D eigenvalue weighted by molar-refractivity contribution is -0.170. The summed E-state index contributed by atoms with van der Waals surface area (Å²) in [5.41, 5.74) is 2.94. The van der Waals surface area contributed by atoms with E-state index in [1.165, 1.54) is 13.8 Å². The van der Waals surface area contributed by atoms with Crippen molar-refractivity contribution in [1.29, 1.82) is 0 Å². The summed E-state index contributed by atoms with van der Waals surface area (Å²) in [5.74, 6) is -5.61. The lowest BCUT2D eigenvalue weighted by Crippen LogP contribution is -2.50. The molecule has 1 aromatic carbocycles. The summed E-state index contributed by atoms with van der Waals surface area (Å²) in [5, 5.41) is -0.381. The molecule has 182 valence electrons. The standard InChI is InChI=1S/C21H23ClF5N3O3/c1-9(2)33-19(32)11-7-30(18(31)10-5-13(23)14(24)6-12(10)22)8-20(3,4)15-16(11)28-29-17(15)21(25,26)27/h5-7,9,15-17,28-29H,8H2,1-4H3. The minimum Gasteiger partial charge on any atom is -0.460 e. The fourth-order valence-electron chi connectivity index (χ4n) is 4.28. The van der Waals surface area contributed by atoms with Crippen LogP contribution in [0.15, 0.2) is 23.9 Å². The minimum atomic E-state index is -4.65. The molecule has 1 saturated heterocycles. The van der Waals surface area contributed by atoms with Gasteiger partial charge in [-0.15, -0.1) is 0 Å². The Morgan fingerprint density at radius 1 is 1.18 bits per heavy atom. The number of rotatable bonds is 3. The van der Waals surface area contributed by atoms with E-state index in [1.54, 1.807) is 13.8 Å². The fraction of sp³-hybridized carbons (Fsp3) is 0.524. The number of carbonyl (C=O) groups is 2. The molecule has 12 heteroatoms. The zero-order chi connectivity index (χ0) is 24.9. The number of halogens is 6. The van der Waals surface area contributed by atoms with Crippen LogP contribution in [0.5, 0.6) is 0 Å². The molecule has 2 heterocycles. The molecule has 0 aromatic heterocycles. The van der Waals surface area contributed by atoms with E-state index in [9.17, 15) is 31.5 Å². The molecule has 33 heavy (non-hydrogen) atoms. The second kappa shape index (κ2) is 8.84. The molecule has 0 spiro atoms. The van der Waals surface area contributed by atoms with Crippen molar-refractivity contribution < 1.29 is 36.3 Å². The second-order valence-electron chi connectivity index (χ2n) is 9.02. The van der Waals surface area contributed by atoms with Gasteiger partial charge in [0.15, 0.2) is 11.6 Å². The Kier molecular flexibility index (Phi) is 6.80. The molecule has 0 radical (unpaired) electrons. The van der Waals surface area contributed by atoms with Gasteiger partial charge in [-0.2, -0.15) is 13.2 Å². The van der Waals surface area contributed by atoms with Gasteiger partial charge in [0.2, 0.25) is 0 Å². The lowest BCUT2D eigenvalue weighted by Gasteiger charge is -2.38. The maximum absolute atomic E-state index is 13.8. The molecule has 1 fully saturated rings. The van der Waals surface area contributed by atoms with Crippen LogP contribution in [0.3, 0.4) is 0 Å². The van der Waals surface area contributed by atoms with Crippen LogP contribution in [0.4, 0.5) is 22.0 Å². The van der Waals surface area contributed by atoms with Crippen molar-refractivity contribution in [2.75, 3.05) is 6.54 Å². The Bertz CT molecular complexity index is 996. The summed E-state index contributed by atoms with van der Waals surface area (Å²) in [6.45, 7) is 5.92. The van der Waals surface area contributed by atoms with Gasteiger partial charge in [-0.25, -0.2) is 24.4 Å². The van der Waals surface area contributed by atoms with Crippen LogP contribution < -0.4 is 10.9 Å². The smallest absolute Gasteiger partial charge is 0.405 e. The number of alkyl halides is 3. The molecule has 2 aliphatic rings. The number of nitrogens with one attached hydrogen (secondary N) is 2. The van der Waals surface area contributed by atoms with Crippen LogP contribution >= 0.6 is 11.6 Å². The van der Waals surface area contributed by atoms with E-state index in [0.29, 0.717) is 12.1 Å². The zero-order valence-electron chi connectivity index (χ0n) is 18.2. The lowest BCUT2D eigenvalue weighted by atomic mass is 9.70. The van der Waals surface area contributed by atoms with Crippen molar-refractivity contribution in [2.45, 2.75) is 52.1 Å². The number of amides is 1. The first-order valence-corrected chi connectivity index (χ1v) is 10.5. The minimum absolute atomic E-state index is 0.217. The van der Waals surface area contributed by atoms with Crippen molar-refractivity contribution in [3.63, 3.8) is 0 Å². The predicted molar refractivity (Wildman–Crippen MR) is 109 cm³/mol. The Labute approximate surface area is 192 Å². The summed E-state index contributed by atoms with van der Waals surface area (Å²) in [6, 6.07) is -1.92. The predicted octanol–water partition coefficient (Wildman–Crippen LogP) is 3.96. The number of esters is 1. The van der Waals surface area contributed by atoms with Crippen molar-refractivity contribution >= 4 is 23.5 Å². The van der Waals surface area contributed by atoms with Crippen LogP contribution in [0.1, 0.15) is 38.1 Å². The normalized spacial score (nSPS) is 24.9.